The monoisotopic (exact) mass is 408 g/mol. The number of aliphatic imine (C=N–C) groups is 1. The zero-order valence-electron chi connectivity index (χ0n) is 17.4. The number of nitrogens with one attached hydrogen (secondary N) is 2. The Morgan fingerprint density at radius 3 is 2.83 bits per heavy atom. The lowest BCUT2D eigenvalue weighted by Crippen LogP contribution is -2.26. The van der Waals surface area contributed by atoms with Gasteiger partial charge in [0, 0.05) is 25.1 Å². The van der Waals surface area contributed by atoms with Crippen molar-refractivity contribution in [3.63, 3.8) is 0 Å². The molecule has 0 saturated carbocycles. The number of carbonyl (C=O) groups is 1. The van der Waals surface area contributed by atoms with Gasteiger partial charge in [-0.25, -0.2) is 14.8 Å². The lowest BCUT2D eigenvalue weighted by atomic mass is 9.97. The summed E-state index contributed by atoms with van der Waals surface area (Å²) in [6, 6.07) is 8.68. The molecule has 0 fully saturated rings. The SMILES string of the molecule is Cc1cc2c(cc1C(=O)N1Cc3ccc(F)cc3C1)C(CC1=NC(C)(C)CO1)NN2. The summed E-state index contributed by atoms with van der Waals surface area (Å²) >= 11 is 0. The van der Waals surface area contributed by atoms with Crippen LogP contribution in [0.25, 0.3) is 0 Å². The third-order valence-electron chi connectivity index (χ3n) is 5.96. The Balaban J connectivity index is 1.39. The number of hydrazine groups is 1. The summed E-state index contributed by atoms with van der Waals surface area (Å²) in [6.45, 7) is 7.57. The maximum atomic E-state index is 13.5. The van der Waals surface area contributed by atoms with Crippen LogP contribution < -0.4 is 10.9 Å². The molecular formula is C23H25FN4O2. The summed E-state index contributed by atoms with van der Waals surface area (Å²) in [5.74, 6) is 0.433. The van der Waals surface area contributed by atoms with E-state index in [1.165, 1.54) is 12.1 Å². The number of carbonyl (C=O) groups excluding carboxylic acids is 1. The largest absolute Gasteiger partial charge is 0.478 e. The molecule has 2 N–H and O–H groups in total. The molecule has 3 heterocycles. The molecule has 5 rings (SSSR count). The molecule has 0 radical (unpaired) electrons. The lowest BCUT2D eigenvalue weighted by Gasteiger charge is -2.18. The predicted molar refractivity (Wildman–Crippen MR) is 113 cm³/mol. The highest BCUT2D eigenvalue weighted by Crippen LogP contribution is 2.35. The van der Waals surface area contributed by atoms with Crippen LogP contribution in [-0.2, 0) is 17.8 Å². The molecule has 0 spiro atoms. The highest BCUT2D eigenvalue weighted by atomic mass is 19.1. The number of ether oxygens (including phenoxy) is 1. The van der Waals surface area contributed by atoms with E-state index in [9.17, 15) is 9.18 Å². The van der Waals surface area contributed by atoms with Gasteiger partial charge < -0.3 is 15.1 Å². The van der Waals surface area contributed by atoms with Crippen molar-refractivity contribution >= 4 is 17.5 Å². The first-order valence-electron chi connectivity index (χ1n) is 10.2. The number of hydrogen-bond acceptors (Lipinski definition) is 5. The molecule has 2 aromatic carbocycles. The number of fused-ring (bicyclic) bond motifs is 2. The van der Waals surface area contributed by atoms with Crippen molar-refractivity contribution in [1.82, 2.24) is 10.3 Å². The first-order valence-corrected chi connectivity index (χ1v) is 10.2. The summed E-state index contributed by atoms with van der Waals surface area (Å²) in [6.07, 6.45) is 0.620. The normalized spacial score (nSPS) is 21.0. The number of amides is 1. The van der Waals surface area contributed by atoms with Crippen molar-refractivity contribution in [1.29, 1.82) is 0 Å². The Hall–Kier alpha value is -2.93. The maximum Gasteiger partial charge on any atom is 0.254 e. The minimum atomic E-state index is -0.267. The van der Waals surface area contributed by atoms with E-state index in [2.05, 4.69) is 15.8 Å². The Kier molecular flexibility index (Phi) is 4.32. The van der Waals surface area contributed by atoms with Gasteiger partial charge in [0.1, 0.15) is 12.4 Å². The Labute approximate surface area is 175 Å². The molecule has 0 bridgehead atoms. The standard InChI is InChI=1S/C23H25FN4O2/c1-13-6-19-18(20(27-26-19)9-21-25-23(2,3)12-30-21)8-17(13)22(29)28-10-14-4-5-16(24)7-15(14)11-28/h4-8,20,26-27H,9-12H2,1-3H3. The summed E-state index contributed by atoms with van der Waals surface area (Å²) in [4.78, 5) is 19.7. The molecule has 3 aliphatic heterocycles. The van der Waals surface area contributed by atoms with E-state index in [1.807, 2.05) is 32.9 Å². The molecule has 30 heavy (non-hydrogen) atoms. The van der Waals surface area contributed by atoms with Gasteiger partial charge in [0.05, 0.1) is 17.3 Å². The van der Waals surface area contributed by atoms with Crippen LogP contribution >= 0.6 is 0 Å². The van der Waals surface area contributed by atoms with E-state index in [4.69, 9.17) is 4.74 Å². The van der Waals surface area contributed by atoms with Crippen molar-refractivity contribution in [2.45, 2.75) is 51.9 Å². The van der Waals surface area contributed by atoms with Crippen LogP contribution in [0, 0.1) is 12.7 Å². The molecule has 0 saturated heterocycles. The van der Waals surface area contributed by atoms with Gasteiger partial charge in [0.15, 0.2) is 5.90 Å². The number of halogens is 1. The van der Waals surface area contributed by atoms with Gasteiger partial charge in [-0.1, -0.05) is 6.07 Å². The summed E-state index contributed by atoms with van der Waals surface area (Å²) in [5.41, 5.74) is 11.8. The van der Waals surface area contributed by atoms with Crippen molar-refractivity contribution in [3.05, 3.63) is 64.0 Å². The van der Waals surface area contributed by atoms with Gasteiger partial charge in [-0.3, -0.25) is 4.79 Å². The van der Waals surface area contributed by atoms with Gasteiger partial charge >= 0.3 is 0 Å². The Morgan fingerprint density at radius 2 is 2.07 bits per heavy atom. The second kappa shape index (κ2) is 6.80. The van der Waals surface area contributed by atoms with Crippen LogP contribution in [0.1, 0.15) is 58.9 Å². The molecule has 2 aromatic rings. The average Bonchev–Trinajstić information content (AvgIpc) is 3.37. The number of anilines is 1. The fourth-order valence-electron chi connectivity index (χ4n) is 4.37. The van der Waals surface area contributed by atoms with Crippen molar-refractivity contribution in [2.75, 3.05) is 12.0 Å². The van der Waals surface area contributed by atoms with Crippen LogP contribution in [0.4, 0.5) is 10.1 Å². The average molecular weight is 408 g/mol. The zero-order valence-corrected chi connectivity index (χ0v) is 17.4. The van der Waals surface area contributed by atoms with Gasteiger partial charge in [0.2, 0.25) is 0 Å². The van der Waals surface area contributed by atoms with Crippen LogP contribution in [0.15, 0.2) is 35.3 Å². The Bertz CT molecular complexity index is 1080. The topological polar surface area (TPSA) is 66.0 Å². The molecule has 3 aliphatic rings. The van der Waals surface area contributed by atoms with Crippen LogP contribution in [0.5, 0.6) is 0 Å². The van der Waals surface area contributed by atoms with Crippen molar-refractivity contribution in [3.8, 4) is 0 Å². The number of hydrogen-bond donors (Lipinski definition) is 2. The van der Waals surface area contributed by atoms with Crippen molar-refractivity contribution < 1.29 is 13.9 Å². The first-order chi connectivity index (χ1) is 14.3. The van der Waals surface area contributed by atoms with Crippen LogP contribution in [0.3, 0.4) is 0 Å². The van der Waals surface area contributed by atoms with Gasteiger partial charge in [-0.05, 0) is 67.3 Å². The van der Waals surface area contributed by atoms with E-state index >= 15 is 0 Å². The second-order valence-corrected chi connectivity index (χ2v) is 8.96. The number of rotatable bonds is 3. The lowest BCUT2D eigenvalue weighted by molar-refractivity contribution is 0.0750. The fraction of sp³-hybridized carbons (Fsp3) is 0.391. The molecule has 7 heteroatoms. The molecular weight excluding hydrogens is 383 g/mol. The molecule has 1 amide bonds. The van der Waals surface area contributed by atoms with Crippen LogP contribution in [0.2, 0.25) is 0 Å². The highest BCUT2D eigenvalue weighted by molar-refractivity contribution is 5.97. The molecule has 0 aromatic heterocycles. The van der Waals surface area contributed by atoms with E-state index < -0.39 is 0 Å². The van der Waals surface area contributed by atoms with Gasteiger partial charge in [-0.2, -0.15) is 0 Å². The third-order valence-corrected chi connectivity index (χ3v) is 5.96. The minimum Gasteiger partial charge on any atom is -0.478 e. The quantitative estimate of drug-likeness (QED) is 0.810. The highest BCUT2D eigenvalue weighted by Gasteiger charge is 2.32. The third kappa shape index (κ3) is 3.33. The fourth-order valence-corrected chi connectivity index (χ4v) is 4.37. The molecule has 1 atom stereocenters. The zero-order chi connectivity index (χ0) is 21.0. The minimum absolute atomic E-state index is 0.0235. The van der Waals surface area contributed by atoms with Gasteiger partial charge in [0.25, 0.3) is 5.91 Å². The molecule has 156 valence electrons. The Morgan fingerprint density at radius 1 is 1.27 bits per heavy atom. The smallest absolute Gasteiger partial charge is 0.254 e. The second-order valence-electron chi connectivity index (χ2n) is 8.96. The number of aryl methyl sites for hydroxylation is 1. The molecule has 1 unspecified atom stereocenters. The summed E-state index contributed by atoms with van der Waals surface area (Å²) in [7, 11) is 0. The van der Waals surface area contributed by atoms with Gasteiger partial charge in [-0.15, -0.1) is 0 Å². The number of nitrogens with zero attached hydrogens (tertiary/aromatic N) is 2. The molecule has 6 nitrogen and oxygen atoms in total. The van der Waals surface area contributed by atoms with E-state index in [0.717, 1.165) is 33.8 Å². The van der Waals surface area contributed by atoms with E-state index in [-0.39, 0.29) is 23.3 Å². The maximum absolute atomic E-state index is 13.5. The number of benzene rings is 2. The summed E-state index contributed by atoms with van der Waals surface area (Å²) < 4.78 is 19.3. The van der Waals surface area contributed by atoms with E-state index in [1.54, 1.807) is 11.0 Å². The van der Waals surface area contributed by atoms with Crippen LogP contribution in [-0.4, -0.2) is 28.9 Å². The molecule has 0 aliphatic carbocycles. The van der Waals surface area contributed by atoms with E-state index in [0.29, 0.717) is 31.7 Å². The first kappa shape index (κ1) is 19.1. The summed E-state index contributed by atoms with van der Waals surface area (Å²) in [5, 5.41) is 0. The predicted octanol–water partition coefficient (Wildman–Crippen LogP) is 3.86. The van der Waals surface area contributed by atoms with Crippen molar-refractivity contribution in [2.24, 2.45) is 4.99 Å².